The van der Waals surface area contributed by atoms with Crippen LogP contribution < -0.4 is 54.0 Å². The van der Waals surface area contributed by atoms with E-state index in [9.17, 15) is 78.3 Å². The highest BCUT2D eigenvalue weighted by atomic mass is 16.4. The van der Waals surface area contributed by atoms with E-state index in [1.165, 1.54) is 24.3 Å². The third kappa shape index (κ3) is 22.9. The number of unbranched alkanes of at least 4 members (excludes halogenated alkanes) is 8. The largest absolute Gasteiger partial charge is 0.508 e. The number of phenols is 1. The molecular formula is C46H72N10O16. The van der Waals surface area contributed by atoms with Crippen molar-refractivity contribution in [3.8, 4) is 5.75 Å². The normalized spacial score (nSPS) is 24.0. The summed E-state index contributed by atoms with van der Waals surface area (Å²) >= 11 is 0. The van der Waals surface area contributed by atoms with Gasteiger partial charge in [0.25, 0.3) is 0 Å². The number of aliphatic hydroxyl groups is 3. The van der Waals surface area contributed by atoms with Crippen LogP contribution in [0.5, 0.6) is 5.75 Å². The number of carboxylic acids is 1. The lowest BCUT2D eigenvalue weighted by Crippen LogP contribution is -2.62. The number of carbonyl (C=O) groups excluding carboxylic acids is 10. The number of carbonyl (C=O) groups is 11. The first-order valence-corrected chi connectivity index (χ1v) is 24.0. The van der Waals surface area contributed by atoms with Crippen molar-refractivity contribution in [2.75, 3.05) is 13.2 Å². The van der Waals surface area contributed by atoms with E-state index in [1.807, 2.05) is 0 Å². The van der Waals surface area contributed by atoms with E-state index in [0.717, 1.165) is 51.9 Å². The monoisotopic (exact) mass is 1020 g/mol. The Morgan fingerprint density at radius 1 is 0.569 bits per heavy atom. The minimum absolute atomic E-state index is 0.160. The number of hydrogen-bond donors (Lipinski definition) is 15. The number of aromatic hydroxyl groups is 1. The molecule has 1 aromatic carbocycles. The fourth-order valence-electron chi connectivity index (χ4n) is 7.54. The summed E-state index contributed by atoms with van der Waals surface area (Å²) in [4.78, 5) is 146. The summed E-state index contributed by atoms with van der Waals surface area (Å²) in [6.07, 6.45) is 2.79. The third-order valence-electron chi connectivity index (χ3n) is 11.5. The SMILES string of the molecule is CCCCCCCCCCCC1CC(=O)N[C@@H](CC(N)=O)C(=O)NC(Cc2ccc(O)cc2)C(=O)N[C@H](CC(N)=O)C(=O)N[C@@H](CO)C(=O)NC(CCC(=O)O)C(=O)N[C@H](CO)C(=O)NC([C@@H](C)O)C(=O)N1. The van der Waals surface area contributed by atoms with Gasteiger partial charge in [0.05, 0.1) is 32.2 Å². The molecule has 26 nitrogen and oxygen atoms in total. The van der Waals surface area contributed by atoms with E-state index >= 15 is 0 Å². The van der Waals surface area contributed by atoms with Crippen molar-refractivity contribution in [1.29, 1.82) is 0 Å². The van der Waals surface area contributed by atoms with Crippen molar-refractivity contribution < 1.29 is 78.3 Å². The molecule has 0 aromatic heterocycles. The van der Waals surface area contributed by atoms with Crippen molar-refractivity contribution in [2.24, 2.45) is 11.5 Å². The number of rotatable bonds is 22. The second-order valence-electron chi connectivity index (χ2n) is 17.7. The minimum atomic E-state index is -1.98. The van der Waals surface area contributed by atoms with Gasteiger partial charge in [0.15, 0.2) is 0 Å². The van der Waals surface area contributed by atoms with Crippen molar-refractivity contribution in [1.82, 2.24) is 42.5 Å². The molecule has 1 aliphatic rings. The van der Waals surface area contributed by atoms with Crippen LogP contribution in [0.15, 0.2) is 24.3 Å². The number of aliphatic hydroxyl groups excluding tert-OH is 3. The first-order chi connectivity index (χ1) is 34.1. The predicted octanol–water partition coefficient (Wildman–Crippen LogP) is -3.88. The van der Waals surface area contributed by atoms with Gasteiger partial charge < -0.3 is 79.5 Å². The third-order valence-corrected chi connectivity index (χ3v) is 11.5. The Kier molecular flexibility index (Phi) is 27.3. The Bertz CT molecular complexity index is 2020. The average molecular weight is 1020 g/mol. The zero-order valence-corrected chi connectivity index (χ0v) is 40.6. The summed E-state index contributed by atoms with van der Waals surface area (Å²) in [5, 5.41) is 68.6. The zero-order chi connectivity index (χ0) is 53.9. The highest BCUT2D eigenvalue weighted by molar-refractivity contribution is 5.99. The van der Waals surface area contributed by atoms with Gasteiger partial charge in [-0.2, -0.15) is 0 Å². The fourth-order valence-corrected chi connectivity index (χ4v) is 7.54. The smallest absolute Gasteiger partial charge is 0.303 e. The molecule has 10 amide bonds. The number of amides is 10. The van der Waals surface area contributed by atoms with E-state index in [4.69, 9.17) is 11.5 Å². The highest BCUT2D eigenvalue weighted by Crippen LogP contribution is 2.15. The molecular weight excluding hydrogens is 949 g/mol. The molecule has 1 fully saturated rings. The number of nitrogens with two attached hydrogens (primary N) is 2. The summed E-state index contributed by atoms with van der Waals surface area (Å²) in [5.74, 6) is -13.2. The molecule has 0 radical (unpaired) electrons. The van der Waals surface area contributed by atoms with Gasteiger partial charge in [0, 0.05) is 25.3 Å². The van der Waals surface area contributed by atoms with Gasteiger partial charge in [-0.3, -0.25) is 52.7 Å². The van der Waals surface area contributed by atoms with Crippen LogP contribution in [0.2, 0.25) is 0 Å². The summed E-state index contributed by atoms with van der Waals surface area (Å²) < 4.78 is 0. The maximum absolute atomic E-state index is 14.1. The van der Waals surface area contributed by atoms with Crippen LogP contribution in [0.4, 0.5) is 0 Å². The number of benzene rings is 1. The molecule has 4 unspecified atom stereocenters. The molecule has 0 saturated carbocycles. The molecule has 17 N–H and O–H groups in total. The van der Waals surface area contributed by atoms with E-state index in [0.29, 0.717) is 18.4 Å². The molecule has 2 rings (SSSR count). The van der Waals surface area contributed by atoms with E-state index in [-0.39, 0.29) is 18.6 Å². The van der Waals surface area contributed by atoms with Crippen LogP contribution in [0.25, 0.3) is 0 Å². The van der Waals surface area contributed by atoms with E-state index in [1.54, 1.807) is 0 Å². The Hall–Kier alpha value is -6.93. The Labute approximate surface area is 416 Å². The topological polar surface area (TPSA) is 437 Å². The second-order valence-corrected chi connectivity index (χ2v) is 17.7. The molecule has 26 heteroatoms. The summed E-state index contributed by atoms with van der Waals surface area (Å²) in [6.45, 7) is 0.925. The molecule has 9 atom stereocenters. The van der Waals surface area contributed by atoms with Crippen molar-refractivity contribution in [3.05, 3.63) is 29.8 Å². The Balaban J connectivity index is 2.71. The number of hydrogen-bond acceptors (Lipinski definition) is 15. The fraction of sp³-hybridized carbons (Fsp3) is 0.630. The van der Waals surface area contributed by atoms with Gasteiger partial charge in [-0.1, -0.05) is 76.8 Å². The van der Waals surface area contributed by atoms with Crippen LogP contribution in [0, 0.1) is 0 Å². The van der Waals surface area contributed by atoms with E-state index < -0.39 is 165 Å². The van der Waals surface area contributed by atoms with Crippen LogP contribution in [0.3, 0.4) is 0 Å². The maximum atomic E-state index is 14.1. The lowest BCUT2D eigenvalue weighted by Gasteiger charge is -2.28. The number of aliphatic carboxylic acids is 1. The van der Waals surface area contributed by atoms with Crippen LogP contribution in [0.1, 0.15) is 116 Å². The van der Waals surface area contributed by atoms with E-state index in [2.05, 4.69) is 49.5 Å². The van der Waals surface area contributed by atoms with Crippen LogP contribution >= 0.6 is 0 Å². The molecule has 0 aliphatic carbocycles. The van der Waals surface area contributed by atoms with Gasteiger partial charge in [0.2, 0.25) is 59.1 Å². The Morgan fingerprint density at radius 3 is 1.50 bits per heavy atom. The van der Waals surface area contributed by atoms with Gasteiger partial charge in [-0.25, -0.2) is 0 Å². The van der Waals surface area contributed by atoms with Crippen LogP contribution in [-0.2, 0) is 59.2 Å². The molecule has 72 heavy (non-hydrogen) atoms. The van der Waals surface area contributed by atoms with Crippen LogP contribution in [-0.4, -0.2) is 158 Å². The van der Waals surface area contributed by atoms with Gasteiger partial charge in [-0.05, 0) is 37.5 Å². The number of carboxylic acid groups (broad SMARTS) is 1. The molecule has 1 heterocycles. The lowest BCUT2D eigenvalue weighted by molar-refractivity contribution is -0.139. The first kappa shape index (κ1) is 61.2. The first-order valence-electron chi connectivity index (χ1n) is 24.0. The molecule has 1 aromatic rings. The molecule has 0 bridgehead atoms. The molecule has 1 aliphatic heterocycles. The zero-order valence-electron chi connectivity index (χ0n) is 40.6. The van der Waals surface area contributed by atoms with Crippen molar-refractivity contribution in [3.63, 3.8) is 0 Å². The summed E-state index contributed by atoms with van der Waals surface area (Å²) in [6, 6.07) is -8.61. The van der Waals surface area contributed by atoms with Gasteiger partial charge in [0.1, 0.15) is 48.0 Å². The number of primary amides is 2. The second kappa shape index (κ2) is 32.1. The standard InChI is InChI=1S/C46H72N10O16/c1-3-4-5-6-7-8-9-10-11-12-27-20-37(63)50-31(21-35(47)61)42(68)52-30(19-26-13-15-28(60)16-14-26)41(67)53-32(22-36(48)62)43(69)55-33(23-57)44(70)51-29(17-18-38(64)65)40(66)54-34(24-58)45(71)56-39(25(2)59)46(72)49-27/h13-16,25,27,29-34,39,57-60H,3-12,17-24H2,1-2H3,(H2,47,61)(H2,48,62)(H,49,72)(H,50,63)(H,51,70)(H,52,68)(H,53,67)(H,54,66)(H,55,69)(H,56,71)(H,64,65)/t25-,27?,29?,30?,31+,32-,33+,34-,39?/m1/s1. The van der Waals surface area contributed by atoms with Crippen molar-refractivity contribution in [2.45, 2.75) is 171 Å². The lowest BCUT2D eigenvalue weighted by atomic mass is 10.0. The Morgan fingerprint density at radius 2 is 1.00 bits per heavy atom. The molecule has 0 spiro atoms. The predicted molar refractivity (Wildman–Crippen MR) is 254 cm³/mol. The highest BCUT2D eigenvalue weighted by Gasteiger charge is 2.36. The number of phenolic OH excluding ortho intramolecular Hbond substituents is 1. The average Bonchev–Trinajstić information content (AvgIpc) is 3.31. The summed E-state index contributed by atoms with van der Waals surface area (Å²) in [5.41, 5.74) is 11.2. The van der Waals surface area contributed by atoms with Gasteiger partial charge in [-0.15, -0.1) is 0 Å². The molecule has 1 saturated heterocycles. The quantitative estimate of drug-likeness (QED) is 0.0494. The van der Waals surface area contributed by atoms with Crippen molar-refractivity contribution >= 4 is 65.0 Å². The molecule has 402 valence electrons. The number of nitrogens with one attached hydrogen (secondary N) is 8. The van der Waals surface area contributed by atoms with Gasteiger partial charge >= 0.3 is 5.97 Å². The summed E-state index contributed by atoms with van der Waals surface area (Å²) in [7, 11) is 0. The maximum Gasteiger partial charge on any atom is 0.303 e. The minimum Gasteiger partial charge on any atom is -0.508 e.